The third-order valence-corrected chi connectivity index (χ3v) is 2.70. The highest BCUT2D eigenvalue weighted by Gasteiger charge is 2.20. The van der Waals surface area contributed by atoms with Gasteiger partial charge in [0, 0.05) is 18.5 Å². The molecule has 106 valence electrons. The number of ether oxygens (including phenoxy) is 1. The maximum atomic E-state index is 11.5. The van der Waals surface area contributed by atoms with Crippen molar-refractivity contribution in [2.24, 2.45) is 0 Å². The van der Waals surface area contributed by atoms with Crippen LogP contribution in [0.4, 0.5) is 5.69 Å². The van der Waals surface area contributed by atoms with Gasteiger partial charge in [-0.15, -0.1) is 0 Å². The molecule has 1 amide bonds. The van der Waals surface area contributed by atoms with Crippen LogP contribution in [0.3, 0.4) is 0 Å². The fraction of sp³-hybridized carbons (Fsp3) is 0.308. The first-order chi connectivity index (χ1) is 9.47. The van der Waals surface area contributed by atoms with Gasteiger partial charge in [0.05, 0.1) is 18.4 Å². The average molecular weight is 296 g/mol. The van der Waals surface area contributed by atoms with E-state index in [0.29, 0.717) is 16.3 Å². The predicted molar refractivity (Wildman–Crippen MR) is 74.3 cm³/mol. The lowest BCUT2D eigenvalue weighted by molar-refractivity contribution is -0.144. The quantitative estimate of drug-likeness (QED) is 0.799. The number of carbonyl (C=O) groups excluding carboxylic acids is 2. The van der Waals surface area contributed by atoms with E-state index in [1.165, 1.54) is 14.0 Å². The summed E-state index contributed by atoms with van der Waals surface area (Å²) >= 11 is 5.85. The number of hydrogen-bond acceptors (Lipinski definition) is 5. The molecule has 1 aromatic carbocycles. The Morgan fingerprint density at radius 1 is 1.50 bits per heavy atom. The van der Waals surface area contributed by atoms with Gasteiger partial charge in [-0.25, -0.2) is 4.79 Å². The van der Waals surface area contributed by atoms with Gasteiger partial charge in [-0.1, -0.05) is 11.6 Å². The van der Waals surface area contributed by atoms with Gasteiger partial charge in [0.25, 0.3) is 0 Å². The van der Waals surface area contributed by atoms with Crippen LogP contribution in [0.1, 0.15) is 12.5 Å². The van der Waals surface area contributed by atoms with E-state index in [9.17, 15) is 9.59 Å². The first kappa shape index (κ1) is 15.8. The van der Waals surface area contributed by atoms with Crippen molar-refractivity contribution in [1.82, 2.24) is 5.32 Å². The van der Waals surface area contributed by atoms with Crippen molar-refractivity contribution in [2.45, 2.75) is 13.0 Å². The summed E-state index contributed by atoms with van der Waals surface area (Å²) in [5, 5.41) is 14.8. The number of rotatable bonds is 5. The molecule has 0 aliphatic heterocycles. The van der Waals surface area contributed by atoms with E-state index in [0.717, 1.165) is 0 Å². The van der Waals surface area contributed by atoms with Crippen molar-refractivity contribution >= 4 is 29.2 Å². The summed E-state index contributed by atoms with van der Waals surface area (Å²) in [6, 6.07) is 5.89. The smallest absolute Gasteiger partial charge is 0.330 e. The Bertz CT molecular complexity index is 554. The number of nitrogens with one attached hydrogen (secondary N) is 2. The van der Waals surface area contributed by atoms with E-state index in [1.54, 1.807) is 18.2 Å². The van der Waals surface area contributed by atoms with E-state index in [-0.39, 0.29) is 12.5 Å². The van der Waals surface area contributed by atoms with Crippen molar-refractivity contribution in [2.75, 3.05) is 19.0 Å². The van der Waals surface area contributed by atoms with Gasteiger partial charge in [0.1, 0.15) is 12.1 Å². The lowest BCUT2D eigenvalue weighted by Crippen LogP contribution is -2.45. The lowest BCUT2D eigenvalue weighted by atomic mass is 10.2. The summed E-state index contributed by atoms with van der Waals surface area (Å²) in [6.07, 6.45) is 0. The lowest BCUT2D eigenvalue weighted by Gasteiger charge is -2.17. The van der Waals surface area contributed by atoms with Crippen LogP contribution in [0.5, 0.6) is 0 Å². The molecule has 0 saturated heterocycles. The van der Waals surface area contributed by atoms with Crippen molar-refractivity contribution in [1.29, 1.82) is 5.26 Å². The van der Waals surface area contributed by atoms with Crippen LogP contribution >= 0.6 is 11.6 Å². The molecule has 1 rings (SSSR count). The van der Waals surface area contributed by atoms with Gasteiger partial charge in [-0.05, 0) is 18.2 Å². The van der Waals surface area contributed by atoms with Gasteiger partial charge >= 0.3 is 5.97 Å². The fourth-order valence-electron chi connectivity index (χ4n) is 1.55. The molecule has 0 aliphatic rings. The van der Waals surface area contributed by atoms with Gasteiger partial charge in [-0.2, -0.15) is 5.26 Å². The highest BCUT2D eigenvalue weighted by molar-refractivity contribution is 6.30. The second-order valence-electron chi connectivity index (χ2n) is 3.96. The zero-order valence-electron chi connectivity index (χ0n) is 11.1. The fourth-order valence-corrected chi connectivity index (χ4v) is 1.73. The van der Waals surface area contributed by atoms with Crippen LogP contribution in [-0.4, -0.2) is 31.6 Å². The summed E-state index contributed by atoms with van der Waals surface area (Å²) in [6.45, 7) is 1.39. The minimum atomic E-state index is -0.844. The number of esters is 1. The first-order valence-corrected chi connectivity index (χ1v) is 6.14. The largest absolute Gasteiger partial charge is 0.467 e. The van der Waals surface area contributed by atoms with Gasteiger partial charge in [0.15, 0.2) is 0 Å². The molecule has 6 nitrogen and oxygen atoms in total. The van der Waals surface area contributed by atoms with Crippen LogP contribution in [0.25, 0.3) is 0 Å². The molecule has 0 heterocycles. The molecule has 1 aromatic rings. The van der Waals surface area contributed by atoms with Crippen molar-refractivity contribution in [3.63, 3.8) is 0 Å². The van der Waals surface area contributed by atoms with E-state index in [2.05, 4.69) is 15.4 Å². The number of anilines is 1. The summed E-state index contributed by atoms with van der Waals surface area (Å²) < 4.78 is 4.60. The Hall–Kier alpha value is -2.26. The maximum absolute atomic E-state index is 11.5. The molecule has 0 fully saturated rings. The molecule has 0 aromatic heterocycles. The third-order valence-electron chi connectivity index (χ3n) is 2.46. The summed E-state index contributed by atoms with van der Waals surface area (Å²) in [5.41, 5.74) is 0.875. The number of nitriles is 1. The predicted octanol–water partition coefficient (Wildman–Crippen LogP) is 1.30. The molecule has 7 heteroatoms. The molecule has 0 saturated carbocycles. The van der Waals surface area contributed by atoms with Crippen LogP contribution in [0.15, 0.2) is 18.2 Å². The van der Waals surface area contributed by atoms with E-state index < -0.39 is 12.0 Å². The van der Waals surface area contributed by atoms with Crippen LogP contribution in [0, 0.1) is 11.3 Å². The zero-order valence-corrected chi connectivity index (χ0v) is 11.8. The zero-order chi connectivity index (χ0) is 15.1. The Morgan fingerprint density at radius 2 is 2.20 bits per heavy atom. The monoisotopic (exact) mass is 295 g/mol. The summed E-state index contributed by atoms with van der Waals surface area (Å²) in [4.78, 5) is 22.6. The Balaban J connectivity index is 2.82. The molecule has 0 bridgehead atoms. The number of amides is 1. The number of halogens is 1. The molecule has 20 heavy (non-hydrogen) atoms. The Morgan fingerprint density at radius 3 is 2.75 bits per heavy atom. The summed E-state index contributed by atoms with van der Waals surface area (Å²) in [5.74, 6) is -0.929. The van der Waals surface area contributed by atoms with E-state index >= 15 is 0 Å². The Kier molecular flexibility index (Phi) is 5.81. The van der Waals surface area contributed by atoms with Crippen LogP contribution in [-0.2, 0) is 14.3 Å². The molecule has 2 N–H and O–H groups in total. The number of hydrogen-bond donors (Lipinski definition) is 2. The summed E-state index contributed by atoms with van der Waals surface area (Å²) in [7, 11) is 1.23. The van der Waals surface area contributed by atoms with Gasteiger partial charge < -0.3 is 15.4 Å². The number of methoxy groups -OCH3 is 1. The Labute approximate surface area is 121 Å². The van der Waals surface area contributed by atoms with Crippen LogP contribution < -0.4 is 10.6 Å². The minimum absolute atomic E-state index is 0.0846. The first-order valence-electron chi connectivity index (χ1n) is 5.76. The van der Waals surface area contributed by atoms with Crippen molar-refractivity contribution < 1.29 is 14.3 Å². The third kappa shape index (κ3) is 4.44. The van der Waals surface area contributed by atoms with E-state index in [1.807, 2.05) is 6.07 Å². The second kappa shape index (κ2) is 7.36. The number of nitrogens with zero attached hydrogens (tertiary/aromatic N) is 1. The van der Waals surface area contributed by atoms with E-state index in [4.69, 9.17) is 16.9 Å². The topological polar surface area (TPSA) is 91.2 Å². The molecule has 0 radical (unpaired) electrons. The number of carbonyl (C=O) groups is 2. The average Bonchev–Trinajstić information content (AvgIpc) is 2.42. The highest BCUT2D eigenvalue weighted by atomic mass is 35.5. The van der Waals surface area contributed by atoms with Gasteiger partial charge in [-0.3, -0.25) is 4.79 Å². The number of benzene rings is 1. The molecular weight excluding hydrogens is 282 g/mol. The van der Waals surface area contributed by atoms with Gasteiger partial charge in [0.2, 0.25) is 5.91 Å². The van der Waals surface area contributed by atoms with Crippen molar-refractivity contribution in [3.05, 3.63) is 28.8 Å². The van der Waals surface area contributed by atoms with Crippen LogP contribution in [0.2, 0.25) is 5.02 Å². The minimum Gasteiger partial charge on any atom is -0.467 e. The SMILES string of the molecule is COC(=O)C(CNc1cc(Cl)ccc1C#N)NC(C)=O. The highest BCUT2D eigenvalue weighted by Crippen LogP contribution is 2.20. The molecule has 1 atom stereocenters. The maximum Gasteiger partial charge on any atom is 0.330 e. The molecule has 1 unspecified atom stereocenters. The standard InChI is InChI=1S/C13H14ClN3O3/c1-8(18)17-12(13(19)20-2)7-16-11-5-10(14)4-3-9(11)6-15/h3-5,12,16H,7H2,1-2H3,(H,17,18). The molecule has 0 spiro atoms. The molecule has 0 aliphatic carbocycles. The molecular formula is C13H14ClN3O3. The second-order valence-corrected chi connectivity index (χ2v) is 4.40. The van der Waals surface area contributed by atoms with Crippen molar-refractivity contribution in [3.8, 4) is 6.07 Å². The normalized spacial score (nSPS) is 11.1.